The fourth-order valence-corrected chi connectivity index (χ4v) is 3.27. The van der Waals surface area contributed by atoms with E-state index in [4.69, 9.17) is 9.57 Å². The topological polar surface area (TPSA) is 60.5 Å². The van der Waals surface area contributed by atoms with Gasteiger partial charge in [-0.05, 0) is 50.3 Å². The van der Waals surface area contributed by atoms with E-state index in [1.807, 2.05) is 19.1 Å². The molecule has 1 saturated carbocycles. The number of hydrogen-bond donors (Lipinski definition) is 1. The Bertz CT molecular complexity index is 467. The molecule has 1 amide bonds. The molecule has 2 aliphatic rings. The minimum atomic E-state index is -0.363. The van der Waals surface area contributed by atoms with Crippen LogP contribution < -0.4 is 5.48 Å². The van der Waals surface area contributed by atoms with Crippen molar-refractivity contribution in [2.45, 2.75) is 44.8 Å². The van der Waals surface area contributed by atoms with Gasteiger partial charge in [0.15, 0.2) is 0 Å². The molecule has 20 heavy (non-hydrogen) atoms. The van der Waals surface area contributed by atoms with Crippen LogP contribution in [0, 0.1) is 5.41 Å². The van der Waals surface area contributed by atoms with Gasteiger partial charge in [0.1, 0.15) is 6.10 Å². The van der Waals surface area contributed by atoms with Gasteiger partial charge < -0.3 is 4.74 Å². The summed E-state index contributed by atoms with van der Waals surface area (Å²) < 4.78 is 5.67. The van der Waals surface area contributed by atoms with Crippen LogP contribution in [0.15, 0.2) is 24.5 Å². The molecule has 0 spiro atoms. The highest BCUT2D eigenvalue weighted by molar-refractivity contribution is 5.83. The third-order valence-corrected chi connectivity index (χ3v) is 4.53. The Labute approximate surface area is 118 Å². The summed E-state index contributed by atoms with van der Waals surface area (Å²) in [6.07, 6.45) is 7.04. The monoisotopic (exact) mass is 276 g/mol. The van der Waals surface area contributed by atoms with Gasteiger partial charge in [-0.15, -0.1) is 0 Å². The molecule has 1 aromatic heterocycles. The molecule has 0 radical (unpaired) electrons. The number of hydrogen-bond acceptors (Lipinski definition) is 4. The molecule has 1 N–H and O–H groups in total. The maximum atomic E-state index is 12.5. The maximum absolute atomic E-state index is 12.5. The Balaban J connectivity index is 1.60. The van der Waals surface area contributed by atoms with E-state index in [0.717, 1.165) is 31.2 Å². The number of nitrogens with one attached hydrogen (secondary N) is 1. The number of carbonyl (C=O) groups is 1. The number of ether oxygens (including phenoxy) is 1. The first kappa shape index (κ1) is 13.5. The lowest BCUT2D eigenvalue weighted by Gasteiger charge is -2.26. The van der Waals surface area contributed by atoms with Crippen LogP contribution in [0.25, 0.3) is 0 Å². The SMILES string of the molecule is C[C@H](ONC(=O)[C@]12CCC[C@H]1OCC2)c1ccncc1. The summed E-state index contributed by atoms with van der Waals surface area (Å²) in [7, 11) is 0. The predicted octanol–water partition coefficient (Wildman–Crippen LogP) is 2.15. The summed E-state index contributed by atoms with van der Waals surface area (Å²) in [6, 6.07) is 3.76. The first-order chi connectivity index (χ1) is 9.72. The van der Waals surface area contributed by atoms with E-state index < -0.39 is 0 Å². The minimum Gasteiger partial charge on any atom is -0.377 e. The molecule has 1 aliphatic carbocycles. The highest BCUT2D eigenvalue weighted by Crippen LogP contribution is 2.47. The number of fused-ring (bicyclic) bond motifs is 1. The average Bonchev–Trinajstić information content (AvgIpc) is 3.05. The highest BCUT2D eigenvalue weighted by atomic mass is 16.7. The lowest BCUT2D eigenvalue weighted by molar-refractivity contribution is -0.150. The van der Waals surface area contributed by atoms with E-state index in [9.17, 15) is 4.79 Å². The smallest absolute Gasteiger partial charge is 0.252 e. The molecule has 0 unspecified atom stereocenters. The van der Waals surface area contributed by atoms with Gasteiger partial charge in [0.2, 0.25) is 0 Å². The molecule has 108 valence electrons. The predicted molar refractivity (Wildman–Crippen MR) is 72.5 cm³/mol. The van der Waals surface area contributed by atoms with Crippen molar-refractivity contribution >= 4 is 5.91 Å². The third kappa shape index (κ3) is 2.31. The average molecular weight is 276 g/mol. The van der Waals surface area contributed by atoms with E-state index in [-0.39, 0.29) is 23.5 Å². The molecule has 1 aliphatic heterocycles. The van der Waals surface area contributed by atoms with Crippen molar-refractivity contribution in [2.75, 3.05) is 6.61 Å². The first-order valence-electron chi connectivity index (χ1n) is 7.20. The van der Waals surface area contributed by atoms with Crippen LogP contribution in [-0.4, -0.2) is 23.6 Å². The van der Waals surface area contributed by atoms with Crippen molar-refractivity contribution in [1.29, 1.82) is 0 Å². The number of aromatic nitrogens is 1. The van der Waals surface area contributed by atoms with Gasteiger partial charge >= 0.3 is 0 Å². The minimum absolute atomic E-state index is 0.0293. The van der Waals surface area contributed by atoms with Gasteiger partial charge in [0.05, 0.1) is 11.5 Å². The highest BCUT2D eigenvalue weighted by Gasteiger charge is 2.53. The molecule has 1 saturated heterocycles. The third-order valence-electron chi connectivity index (χ3n) is 4.53. The Morgan fingerprint density at radius 2 is 2.30 bits per heavy atom. The Morgan fingerprint density at radius 1 is 1.50 bits per heavy atom. The van der Waals surface area contributed by atoms with E-state index in [1.54, 1.807) is 12.4 Å². The molecule has 2 heterocycles. The summed E-state index contributed by atoms with van der Waals surface area (Å²) in [5.41, 5.74) is 3.27. The largest absolute Gasteiger partial charge is 0.377 e. The summed E-state index contributed by atoms with van der Waals surface area (Å²) >= 11 is 0. The zero-order valence-electron chi connectivity index (χ0n) is 11.7. The molecule has 3 rings (SSSR count). The lowest BCUT2D eigenvalue weighted by atomic mass is 9.82. The van der Waals surface area contributed by atoms with Crippen LogP contribution in [0.1, 0.15) is 44.3 Å². The zero-order chi connectivity index (χ0) is 14.0. The van der Waals surface area contributed by atoms with Gasteiger partial charge in [-0.3, -0.25) is 14.6 Å². The second-order valence-corrected chi connectivity index (χ2v) is 5.63. The number of nitrogens with zero attached hydrogens (tertiary/aromatic N) is 1. The maximum Gasteiger partial charge on any atom is 0.252 e. The van der Waals surface area contributed by atoms with Crippen LogP contribution in [0.4, 0.5) is 0 Å². The van der Waals surface area contributed by atoms with E-state index >= 15 is 0 Å². The molecule has 5 nitrogen and oxygen atoms in total. The molecule has 0 bridgehead atoms. The van der Waals surface area contributed by atoms with Crippen LogP contribution in [0.5, 0.6) is 0 Å². The van der Waals surface area contributed by atoms with Crippen molar-refractivity contribution in [1.82, 2.24) is 10.5 Å². The quantitative estimate of drug-likeness (QED) is 0.856. The number of carbonyl (C=O) groups excluding carboxylic acids is 1. The van der Waals surface area contributed by atoms with Crippen molar-refractivity contribution in [3.63, 3.8) is 0 Å². The van der Waals surface area contributed by atoms with Gasteiger partial charge in [0, 0.05) is 19.0 Å². The number of hydroxylamine groups is 1. The molecule has 3 atom stereocenters. The molecule has 0 aromatic carbocycles. The van der Waals surface area contributed by atoms with Crippen molar-refractivity contribution in [3.8, 4) is 0 Å². The van der Waals surface area contributed by atoms with Gasteiger partial charge in [0.25, 0.3) is 5.91 Å². The Kier molecular flexibility index (Phi) is 3.72. The molecule has 1 aromatic rings. The van der Waals surface area contributed by atoms with Gasteiger partial charge in [-0.25, -0.2) is 5.48 Å². The second-order valence-electron chi connectivity index (χ2n) is 5.63. The molecular formula is C15H20N2O3. The van der Waals surface area contributed by atoms with Crippen molar-refractivity contribution in [2.24, 2.45) is 5.41 Å². The Morgan fingerprint density at radius 3 is 3.10 bits per heavy atom. The number of amides is 1. The van der Waals surface area contributed by atoms with Crippen LogP contribution in [-0.2, 0) is 14.4 Å². The summed E-state index contributed by atoms with van der Waals surface area (Å²) in [6.45, 7) is 2.59. The van der Waals surface area contributed by atoms with Crippen molar-refractivity contribution < 1.29 is 14.4 Å². The lowest BCUT2D eigenvalue weighted by Crippen LogP contribution is -2.43. The molecular weight excluding hydrogens is 256 g/mol. The first-order valence-corrected chi connectivity index (χ1v) is 7.20. The van der Waals surface area contributed by atoms with Crippen LogP contribution in [0.3, 0.4) is 0 Å². The zero-order valence-corrected chi connectivity index (χ0v) is 11.7. The van der Waals surface area contributed by atoms with E-state index in [2.05, 4.69) is 10.5 Å². The van der Waals surface area contributed by atoms with E-state index in [1.165, 1.54) is 0 Å². The Hall–Kier alpha value is -1.46. The van der Waals surface area contributed by atoms with E-state index in [0.29, 0.717) is 6.61 Å². The summed E-state index contributed by atoms with van der Waals surface area (Å²) in [4.78, 5) is 21.9. The van der Waals surface area contributed by atoms with Crippen LogP contribution in [0.2, 0.25) is 0 Å². The van der Waals surface area contributed by atoms with Crippen molar-refractivity contribution in [3.05, 3.63) is 30.1 Å². The van der Waals surface area contributed by atoms with Gasteiger partial charge in [-0.2, -0.15) is 0 Å². The fourth-order valence-electron chi connectivity index (χ4n) is 3.27. The van der Waals surface area contributed by atoms with Gasteiger partial charge in [-0.1, -0.05) is 0 Å². The summed E-state index contributed by atoms with van der Waals surface area (Å²) in [5, 5.41) is 0. The number of pyridine rings is 1. The molecule has 5 heteroatoms. The normalized spacial score (nSPS) is 29.9. The standard InChI is InChI=1S/C15H20N2O3/c1-11(12-4-8-16-9-5-12)20-17-14(18)15-6-2-3-13(15)19-10-7-15/h4-5,8-9,11,13H,2-3,6-7,10H2,1H3,(H,17,18)/t11-,13+,15-/m0/s1. The van der Waals surface area contributed by atoms with Crippen LogP contribution >= 0.6 is 0 Å². The number of rotatable bonds is 4. The summed E-state index contributed by atoms with van der Waals surface area (Å²) in [5.74, 6) is -0.0293. The molecule has 2 fully saturated rings. The second kappa shape index (κ2) is 5.50. The fraction of sp³-hybridized carbons (Fsp3) is 0.600.